The third kappa shape index (κ3) is 4.89. The molecule has 2 amide bonds. The van der Waals surface area contributed by atoms with Crippen LogP contribution in [0.25, 0.3) is 10.9 Å². The lowest BCUT2D eigenvalue weighted by Gasteiger charge is -2.22. The number of benzene rings is 2. The summed E-state index contributed by atoms with van der Waals surface area (Å²) in [6.07, 6.45) is 0.860. The average molecular weight is 467 g/mol. The minimum Gasteiger partial charge on any atom is -0.358 e. The summed E-state index contributed by atoms with van der Waals surface area (Å²) in [7, 11) is 0. The van der Waals surface area contributed by atoms with E-state index < -0.39 is 0 Å². The molecule has 1 aliphatic rings. The van der Waals surface area contributed by atoms with E-state index in [1.54, 1.807) is 0 Å². The van der Waals surface area contributed by atoms with Crippen LogP contribution >= 0.6 is 23.8 Å². The molecule has 1 aromatic heterocycles. The number of aryl methyl sites for hydroxylation is 2. The van der Waals surface area contributed by atoms with Crippen LogP contribution in [0.1, 0.15) is 41.1 Å². The number of hydrogen-bond acceptors (Lipinski definition) is 4. The fourth-order valence-electron chi connectivity index (χ4n) is 3.81. The molecule has 1 unspecified atom stereocenters. The Morgan fingerprint density at radius 2 is 2.00 bits per heavy atom. The third-order valence-electron chi connectivity index (χ3n) is 5.61. The number of nitrogens with zero attached hydrogens (tertiary/aromatic N) is 1. The van der Waals surface area contributed by atoms with Crippen molar-refractivity contribution in [2.24, 2.45) is 0 Å². The van der Waals surface area contributed by atoms with Gasteiger partial charge in [-0.1, -0.05) is 29.8 Å². The smallest absolute Gasteiger partial charge is 0.234 e. The summed E-state index contributed by atoms with van der Waals surface area (Å²) in [5.41, 5.74) is 5.39. The van der Waals surface area contributed by atoms with Gasteiger partial charge in [-0.2, -0.15) is 0 Å². The summed E-state index contributed by atoms with van der Waals surface area (Å²) in [6.45, 7) is 4.39. The predicted octanol–water partition coefficient (Wildman–Crippen LogP) is 4.51. The number of imide groups is 1. The van der Waals surface area contributed by atoms with E-state index in [2.05, 4.69) is 16.0 Å². The minimum absolute atomic E-state index is 0.215. The van der Waals surface area contributed by atoms with Crippen LogP contribution in [0.5, 0.6) is 0 Å². The SMILES string of the molecule is Cc1ccc(NC(=S)NCc2ccc3cc(C4CCC(=O)NC4=O)c(C)nc3c2)cc1Cl. The maximum atomic E-state index is 12.3. The summed E-state index contributed by atoms with van der Waals surface area (Å²) >= 11 is 11.6. The Morgan fingerprint density at radius 1 is 1.19 bits per heavy atom. The number of hydrogen-bond donors (Lipinski definition) is 3. The van der Waals surface area contributed by atoms with Crippen LogP contribution in [0.2, 0.25) is 5.02 Å². The van der Waals surface area contributed by atoms with E-state index in [9.17, 15) is 9.59 Å². The molecule has 2 heterocycles. The molecule has 1 aliphatic heterocycles. The number of fused-ring (bicyclic) bond motifs is 1. The molecular weight excluding hydrogens is 444 g/mol. The Kier molecular flexibility index (Phi) is 6.39. The van der Waals surface area contributed by atoms with Crippen LogP contribution in [0.3, 0.4) is 0 Å². The Hall–Kier alpha value is -3.03. The molecule has 4 rings (SSSR count). The van der Waals surface area contributed by atoms with Crippen molar-refractivity contribution in [3.05, 3.63) is 69.9 Å². The Balaban J connectivity index is 1.45. The number of amides is 2. The van der Waals surface area contributed by atoms with Gasteiger partial charge >= 0.3 is 0 Å². The van der Waals surface area contributed by atoms with Gasteiger partial charge in [-0.3, -0.25) is 19.9 Å². The zero-order valence-corrected chi connectivity index (χ0v) is 19.4. The summed E-state index contributed by atoms with van der Waals surface area (Å²) in [4.78, 5) is 28.4. The summed E-state index contributed by atoms with van der Waals surface area (Å²) in [6, 6.07) is 13.7. The molecule has 0 saturated carbocycles. The molecule has 1 fully saturated rings. The van der Waals surface area contributed by atoms with Crippen molar-refractivity contribution in [1.29, 1.82) is 0 Å². The highest BCUT2D eigenvalue weighted by Crippen LogP contribution is 2.29. The van der Waals surface area contributed by atoms with Gasteiger partial charge in [0.15, 0.2) is 5.11 Å². The largest absolute Gasteiger partial charge is 0.358 e. The van der Waals surface area contributed by atoms with Crippen LogP contribution in [0.4, 0.5) is 5.69 Å². The molecular formula is C24H23ClN4O2S. The number of thiocarbonyl (C=S) groups is 1. The number of anilines is 1. The molecule has 0 aliphatic carbocycles. The van der Waals surface area contributed by atoms with Crippen molar-refractivity contribution in [2.45, 2.75) is 39.2 Å². The first-order valence-electron chi connectivity index (χ1n) is 10.3. The van der Waals surface area contributed by atoms with Crippen LogP contribution in [0, 0.1) is 13.8 Å². The Labute approximate surface area is 196 Å². The van der Waals surface area contributed by atoms with Crippen LogP contribution in [-0.2, 0) is 16.1 Å². The number of nitrogens with one attached hydrogen (secondary N) is 3. The van der Waals surface area contributed by atoms with Crippen LogP contribution in [-0.4, -0.2) is 21.9 Å². The lowest BCUT2D eigenvalue weighted by Crippen LogP contribution is -2.39. The zero-order chi connectivity index (χ0) is 22.8. The highest BCUT2D eigenvalue weighted by atomic mass is 35.5. The molecule has 1 atom stereocenters. The molecule has 3 aromatic rings. The first-order chi connectivity index (χ1) is 15.3. The van der Waals surface area contributed by atoms with Gasteiger partial charge in [0, 0.05) is 34.8 Å². The second kappa shape index (κ2) is 9.22. The van der Waals surface area contributed by atoms with Gasteiger partial charge in [-0.15, -0.1) is 0 Å². The lowest BCUT2D eigenvalue weighted by molar-refractivity contribution is -0.134. The molecule has 32 heavy (non-hydrogen) atoms. The number of carbonyl (C=O) groups excluding carboxylic acids is 2. The van der Waals surface area contributed by atoms with Gasteiger partial charge in [-0.25, -0.2) is 0 Å². The van der Waals surface area contributed by atoms with Crippen molar-refractivity contribution in [3.63, 3.8) is 0 Å². The fourth-order valence-corrected chi connectivity index (χ4v) is 4.18. The second-order valence-electron chi connectivity index (χ2n) is 7.97. The van der Waals surface area contributed by atoms with E-state index in [1.807, 2.05) is 56.3 Å². The van der Waals surface area contributed by atoms with Crippen molar-refractivity contribution in [1.82, 2.24) is 15.6 Å². The van der Waals surface area contributed by atoms with Crippen molar-refractivity contribution >= 4 is 57.3 Å². The van der Waals surface area contributed by atoms with E-state index in [4.69, 9.17) is 28.8 Å². The van der Waals surface area contributed by atoms with E-state index >= 15 is 0 Å². The molecule has 0 radical (unpaired) electrons. The van der Waals surface area contributed by atoms with E-state index in [0.29, 0.717) is 29.5 Å². The second-order valence-corrected chi connectivity index (χ2v) is 8.78. The molecule has 164 valence electrons. The normalized spacial score (nSPS) is 16.0. The van der Waals surface area contributed by atoms with E-state index in [-0.39, 0.29) is 17.7 Å². The molecule has 0 bridgehead atoms. The average Bonchev–Trinajstić information content (AvgIpc) is 2.75. The summed E-state index contributed by atoms with van der Waals surface area (Å²) < 4.78 is 0. The van der Waals surface area contributed by atoms with Gasteiger partial charge < -0.3 is 10.6 Å². The van der Waals surface area contributed by atoms with Gasteiger partial charge in [-0.05, 0) is 73.4 Å². The van der Waals surface area contributed by atoms with E-state index in [1.165, 1.54) is 0 Å². The third-order valence-corrected chi connectivity index (χ3v) is 6.26. The molecule has 3 N–H and O–H groups in total. The van der Waals surface area contributed by atoms with Gasteiger partial charge in [0.05, 0.1) is 11.4 Å². The van der Waals surface area contributed by atoms with Crippen molar-refractivity contribution in [2.75, 3.05) is 5.32 Å². The molecule has 6 nitrogen and oxygen atoms in total. The topological polar surface area (TPSA) is 83.1 Å². The number of rotatable bonds is 4. The van der Waals surface area contributed by atoms with Crippen LogP contribution < -0.4 is 16.0 Å². The van der Waals surface area contributed by atoms with Gasteiger partial charge in [0.25, 0.3) is 0 Å². The van der Waals surface area contributed by atoms with Gasteiger partial charge in [0.2, 0.25) is 11.8 Å². The van der Waals surface area contributed by atoms with E-state index in [0.717, 1.165) is 39.0 Å². The number of aromatic nitrogens is 1. The zero-order valence-electron chi connectivity index (χ0n) is 17.8. The number of piperidine rings is 1. The number of halogens is 1. The first-order valence-corrected chi connectivity index (χ1v) is 11.1. The maximum absolute atomic E-state index is 12.3. The quantitative estimate of drug-likeness (QED) is 0.387. The molecule has 8 heteroatoms. The molecule has 0 spiro atoms. The summed E-state index contributed by atoms with van der Waals surface area (Å²) in [5, 5.41) is 10.9. The van der Waals surface area contributed by atoms with Gasteiger partial charge in [0.1, 0.15) is 0 Å². The highest BCUT2D eigenvalue weighted by Gasteiger charge is 2.29. The number of carbonyl (C=O) groups is 2. The lowest BCUT2D eigenvalue weighted by atomic mass is 9.89. The summed E-state index contributed by atoms with van der Waals surface area (Å²) in [5.74, 6) is -0.806. The Morgan fingerprint density at radius 3 is 2.75 bits per heavy atom. The van der Waals surface area contributed by atoms with Crippen molar-refractivity contribution < 1.29 is 9.59 Å². The highest BCUT2D eigenvalue weighted by molar-refractivity contribution is 7.80. The first kappa shape index (κ1) is 22.2. The Bertz CT molecular complexity index is 1240. The number of pyridine rings is 1. The standard InChI is InChI=1S/C24H23ClN4O2S/c1-13-3-6-17(11-20(13)25)28-24(32)26-12-15-4-5-16-10-19(14(2)27-21(16)9-15)18-7-8-22(30)29-23(18)31/h3-6,9-11,18H,7-8,12H2,1-2H3,(H2,26,28,32)(H,29,30,31). The molecule has 1 saturated heterocycles. The van der Waals surface area contributed by atoms with Crippen molar-refractivity contribution in [3.8, 4) is 0 Å². The minimum atomic E-state index is -0.343. The predicted molar refractivity (Wildman–Crippen MR) is 131 cm³/mol. The van der Waals surface area contributed by atoms with Crippen LogP contribution in [0.15, 0.2) is 42.5 Å². The fraction of sp³-hybridized carbons (Fsp3) is 0.250. The molecule has 2 aromatic carbocycles. The monoisotopic (exact) mass is 466 g/mol. The maximum Gasteiger partial charge on any atom is 0.234 e.